The summed E-state index contributed by atoms with van der Waals surface area (Å²) in [6.07, 6.45) is 9.90. The van der Waals surface area contributed by atoms with Crippen molar-refractivity contribution in [2.75, 3.05) is 5.43 Å². The van der Waals surface area contributed by atoms with E-state index < -0.39 is 5.69 Å². The molecular weight excluding hydrogens is 314 g/mol. The van der Waals surface area contributed by atoms with Crippen molar-refractivity contribution < 1.29 is 0 Å². The van der Waals surface area contributed by atoms with Gasteiger partial charge in [0.1, 0.15) is 5.82 Å². The summed E-state index contributed by atoms with van der Waals surface area (Å²) >= 11 is 5.83. The topological polar surface area (TPSA) is 96.7 Å². The minimum Gasteiger partial charge on any atom is -0.292 e. The number of hydrogen-bond donors (Lipinski definition) is 3. The quantitative estimate of drug-likeness (QED) is 0.582. The molecule has 6 nitrogen and oxygen atoms in total. The number of nitrogens with zero attached hydrogens (tertiary/aromatic N) is 2. The van der Waals surface area contributed by atoms with E-state index in [0.29, 0.717) is 16.4 Å². The SMILES string of the molecule is C1=CC2=CC=C1C2.NNc1nc(-c2cccc(Cl)c2)[nH]c(=O)n1. The van der Waals surface area contributed by atoms with Crippen molar-refractivity contribution in [3.8, 4) is 11.4 Å². The number of halogens is 1. The van der Waals surface area contributed by atoms with Crippen molar-refractivity contribution in [2.45, 2.75) is 6.42 Å². The molecule has 1 aromatic heterocycles. The third-order valence-electron chi connectivity index (χ3n) is 3.31. The maximum atomic E-state index is 11.2. The summed E-state index contributed by atoms with van der Waals surface area (Å²) in [6.45, 7) is 0. The van der Waals surface area contributed by atoms with Crippen LogP contribution in [0.5, 0.6) is 0 Å². The van der Waals surface area contributed by atoms with Crippen LogP contribution in [0, 0.1) is 0 Å². The Morgan fingerprint density at radius 1 is 1.17 bits per heavy atom. The minimum absolute atomic E-state index is 0.0544. The monoisotopic (exact) mass is 327 g/mol. The first kappa shape index (κ1) is 15.2. The second kappa shape index (κ2) is 6.60. The van der Waals surface area contributed by atoms with Crippen molar-refractivity contribution in [2.24, 2.45) is 5.84 Å². The first-order valence-electron chi connectivity index (χ1n) is 6.93. The number of hydrogen-bond acceptors (Lipinski definition) is 5. The van der Waals surface area contributed by atoms with Crippen molar-refractivity contribution in [3.05, 3.63) is 75.2 Å². The first-order valence-corrected chi connectivity index (χ1v) is 7.30. The standard InChI is InChI=1S/C9H8ClN5O.C7H6/c10-6-3-1-2-5(4-6)7-12-8(15-11)14-9(16)13-7;1-2-7-4-3-6(1)5-7/h1-4H,11H2,(H2,12,13,14,15,16);1-4H,5H2. The van der Waals surface area contributed by atoms with Gasteiger partial charge in [-0.1, -0.05) is 48.0 Å². The molecule has 0 saturated carbocycles. The molecule has 1 heterocycles. The lowest BCUT2D eigenvalue weighted by molar-refractivity contribution is 0.985. The van der Waals surface area contributed by atoms with Crippen LogP contribution >= 0.6 is 11.6 Å². The molecule has 7 heteroatoms. The minimum atomic E-state index is -0.530. The molecule has 2 aromatic rings. The van der Waals surface area contributed by atoms with E-state index in [-0.39, 0.29) is 5.95 Å². The molecule has 0 aliphatic heterocycles. The van der Waals surface area contributed by atoms with Crippen LogP contribution in [0.3, 0.4) is 0 Å². The third-order valence-corrected chi connectivity index (χ3v) is 3.54. The Morgan fingerprint density at radius 3 is 2.43 bits per heavy atom. The van der Waals surface area contributed by atoms with E-state index in [0.717, 1.165) is 0 Å². The molecule has 0 amide bonds. The Labute approximate surface area is 137 Å². The van der Waals surface area contributed by atoms with E-state index >= 15 is 0 Å². The number of hydrazine groups is 1. The van der Waals surface area contributed by atoms with Gasteiger partial charge in [-0.3, -0.25) is 10.4 Å². The molecule has 23 heavy (non-hydrogen) atoms. The van der Waals surface area contributed by atoms with Crippen LogP contribution in [-0.2, 0) is 0 Å². The zero-order valence-corrected chi connectivity index (χ0v) is 12.8. The summed E-state index contributed by atoms with van der Waals surface area (Å²) in [5, 5.41) is 0.555. The summed E-state index contributed by atoms with van der Waals surface area (Å²) in [5.74, 6) is 5.55. The van der Waals surface area contributed by atoms with Gasteiger partial charge >= 0.3 is 5.69 Å². The maximum absolute atomic E-state index is 11.2. The van der Waals surface area contributed by atoms with E-state index in [4.69, 9.17) is 17.4 Å². The fourth-order valence-corrected chi connectivity index (χ4v) is 2.42. The normalized spacial score (nSPS) is 14.0. The highest BCUT2D eigenvalue weighted by atomic mass is 35.5. The second-order valence-corrected chi connectivity index (χ2v) is 5.41. The van der Waals surface area contributed by atoms with Crippen LogP contribution < -0.4 is 17.0 Å². The van der Waals surface area contributed by atoms with E-state index in [1.165, 1.54) is 17.6 Å². The van der Waals surface area contributed by atoms with Crippen LogP contribution in [0.25, 0.3) is 11.4 Å². The molecular formula is C16H14ClN5O. The fraction of sp³-hybridized carbons (Fsp3) is 0.0625. The molecule has 116 valence electrons. The van der Waals surface area contributed by atoms with Crippen molar-refractivity contribution >= 4 is 17.5 Å². The van der Waals surface area contributed by atoms with Crippen molar-refractivity contribution in [1.82, 2.24) is 15.0 Å². The predicted molar refractivity (Wildman–Crippen MR) is 90.8 cm³/mol. The van der Waals surface area contributed by atoms with Gasteiger partial charge in [0, 0.05) is 10.6 Å². The highest BCUT2D eigenvalue weighted by Crippen LogP contribution is 2.27. The van der Waals surface area contributed by atoms with E-state index in [1.807, 2.05) is 0 Å². The molecule has 2 bridgehead atoms. The van der Waals surface area contributed by atoms with Crippen LogP contribution in [0.2, 0.25) is 5.02 Å². The van der Waals surface area contributed by atoms with Gasteiger partial charge in [-0.15, -0.1) is 0 Å². The summed E-state index contributed by atoms with van der Waals surface area (Å²) in [7, 11) is 0. The summed E-state index contributed by atoms with van der Waals surface area (Å²) < 4.78 is 0. The van der Waals surface area contributed by atoms with Gasteiger partial charge in [-0.2, -0.15) is 9.97 Å². The summed E-state index contributed by atoms with van der Waals surface area (Å²) in [5.41, 5.74) is 5.31. The molecule has 0 saturated heterocycles. The summed E-state index contributed by atoms with van der Waals surface area (Å²) in [6, 6.07) is 6.94. The molecule has 4 N–H and O–H groups in total. The molecule has 0 atom stereocenters. The molecule has 1 aromatic carbocycles. The number of nitrogen functional groups attached to an aromatic ring is 1. The maximum Gasteiger partial charge on any atom is 0.349 e. The number of nitrogens with two attached hydrogens (primary N) is 1. The Bertz CT molecular complexity index is 862. The number of benzene rings is 1. The smallest absolute Gasteiger partial charge is 0.292 e. The van der Waals surface area contributed by atoms with Crippen LogP contribution in [-0.4, -0.2) is 15.0 Å². The third kappa shape index (κ3) is 3.74. The van der Waals surface area contributed by atoms with E-state index in [9.17, 15) is 4.79 Å². The number of fused-ring (bicyclic) bond motifs is 2. The van der Waals surface area contributed by atoms with Gasteiger partial charge in [0.15, 0.2) is 0 Å². The van der Waals surface area contributed by atoms with Gasteiger partial charge in [0.25, 0.3) is 0 Å². The number of anilines is 1. The lowest BCUT2D eigenvalue weighted by Gasteiger charge is -2.02. The highest BCUT2D eigenvalue weighted by Gasteiger charge is 2.08. The Morgan fingerprint density at radius 2 is 1.91 bits per heavy atom. The average molecular weight is 328 g/mol. The highest BCUT2D eigenvalue weighted by molar-refractivity contribution is 6.30. The number of H-pyrrole nitrogens is 1. The Balaban J connectivity index is 0.000000183. The Hall–Kier alpha value is -2.70. The van der Waals surface area contributed by atoms with E-state index in [1.54, 1.807) is 24.3 Å². The van der Waals surface area contributed by atoms with Gasteiger partial charge in [0.2, 0.25) is 5.95 Å². The van der Waals surface area contributed by atoms with E-state index in [2.05, 4.69) is 44.7 Å². The average Bonchev–Trinajstić information content (AvgIpc) is 3.20. The number of rotatable bonds is 2. The Kier molecular flexibility index (Phi) is 4.36. The lowest BCUT2D eigenvalue weighted by Crippen LogP contribution is -2.19. The molecule has 4 rings (SSSR count). The fourth-order valence-electron chi connectivity index (χ4n) is 2.23. The number of aromatic amines is 1. The zero-order chi connectivity index (χ0) is 16.2. The molecule has 0 radical (unpaired) electrons. The number of nitrogens with one attached hydrogen (secondary N) is 2. The van der Waals surface area contributed by atoms with Crippen LogP contribution in [0.15, 0.2) is 64.5 Å². The van der Waals surface area contributed by atoms with Gasteiger partial charge < -0.3 is 0 Å². The largest absolute Gasteiger partial charge is 0.349 e. The van der Waals surface area contributed by atoms with Gasteiger partial charge in [-0.25, -0.2) is 10.6 Å². The van der Waals surface area contributed by atoms with Crippen LogP contribution in [0.1, 0.15) is 6.42 Å². The summed E-state index contributed by atoms with van der Waals surface area (Å²) in [4.78, 5) is 21.2. The molecule has 0 spiro atoms. The molecule has 0 unspecified atom stereocenters. The number of allylic oxidation sites excluding steroid dienone is 6. The molecule has 0 fully saturated rings. The van der Waals surface area contributed by atoms with Crippen LogP contribution in [0.4, 0.5) is 5.95 Å². The predicted octanol–water partition coefficient (Wildman–Crippen LogP) is 2.58. The lowest BCUT2D eigenvalue weighted by atomic mass is 10.2. The van der Waals surface area contributed by atoms with Gasteiger partial charge in [-0.05, 0) is 29.7 Å². The molecule has 2 aliphatic carbocycles. The van der Waals surface area contributed by atoms with Crippen molar-refractivity contribution in [3.63, 3.8) is 0 Å². The van der Waals surface area contributed by atoms with Gasteiger partial charge in [0.05, 0.1) is 0 Å². The zero-order valence-electron chi connectivity index (χ0n) is 12.1. The first-order chi connectivity index (χ1) is 11.1. The van der Waals surface area contributed by atoms with Crippen molar-refractivity contribution in [1.29, 1.82) is 0 Å². The molecule has 2 aliphatic rings. The second-order valence-electron chi connectivity index (χ2n) is 4.97. The number of aromatic nitrogens is 3.